The van der Waals surface area contributed by atoms with Crippen molar-refractivity contribution >= 4 is 23.5 Å². The van der Waals surface area contributed by atoms with Gasteiger partial charge in [-0.1, -0.05) is 13.8 Å². The average molecular weight is 260 g/mol. The van der Waals surface area contributed by atoms with E-state index in [1.807, 2.05) is 20.8 Å². The standard InChI is InChI=1S/C10H18ClN5O/c1-4-12-9-14-8(11)15-10(16-9)13-7(5-17)6(2)3/h6-7,17H,4-5H2,1-3H3,(H2,12,13,14,15,16). The van der Waals surface area contributed by atoms with Crippen molar-refractivity contribution in [2.45, 2.75) is 26.8 Å². The minimum Gasteiger partial charge on any atom is -0.394 e. The first-order valence-electron chi connectivity index (χ1n) is 5.59. The van der Waals surface area contributed by atoms with E-state index in [4.69, 9.17) is 11.6 Å². The molecule has 6 nitrogen and oxygen atoms in total. The molecule has 0 saturated carbocycles. The predicted octanol–water partition coefficient (Wildman–Crippen LogP) is 1.39. The molecular weight excluding hydrogens is 242 g/mol. The van der Waals surface area contributed by atoms with Gasteiger partial charge in [-0.25, -0.2) is 0 Å². The van der Waals surface area contributed by atoms with Crippen LogP contribution in [0.15, 0.2) is 0 Å². The van der Waals surface area contributed by atoms with E-state index >= 15 is 0 Å². The first kappa shape index (κ1) is 13.9. The van der Waals surface area contributed by atoms with E-state index in [0.717, 1.165) is 0 Å². The number of aliphatic hydroxyl groups excluding tert-OH is 1. The number of anilines is 2. The lowest BCUT2D eigenvalue weighted by Gasteiger charge is -2.19. The number of aliphatic hydroxyl groups is 1. The fourth-order valence-electron chi connectivity index (χ4n) is 1.24. The molecule has 1 rings (SSSR count). The predicted molar refractivity (Wildman–Crippen MR) is 68.3 cm³/mol. The molecule has 0 saturated heterocycles. The van der Waals surface area contributed by atoms with Crippen molar-refractivity contribution in [1.82, 2.24) is 15.0 Å². The van der Waals surface area contributed by atoms with E-state index in [9.17, 15) is 5.11 Å². The Labute approximate surface area is 106 Å². The Morgan fingerprint density at radius 1 is 1.24 bits per heavy atom. The number of nitrogens with zero attached hydrogens (tertiary/aromatic N) is 3. The van der Waals surface area contributed by atoms with Crippen LogP contribution in [-0.2, 0) is 0 Å². The van der Waals surface area contributed by atoms with E-state index in [0.29, 0.717) is 18.4 Å². The average Bonchev–Trinajstić information content (AvgIpc) is 2.25. The normalized spacial score (nSPS) is 12.6. The van der Waals surface area contributed by atoms with Crippen LogP contribution in [0.4, 0.5) is 11.9 Å². The van der Waals surface area contributed by atoms with Gasteiger partial charge in [0.25, 0.3) is 0 Å². The first-order chi connectivity index (χ1) is 8.06. The van der Waals surface area contributed by atoms with Crippen molar-refractivity contribution in [3.05, 3.63) is 5.28 Å². The molecule has 0 radical (unpaired) electrons. The van der Waals surface area contributed by atoms with Crippen LogP contribution < -0.4 is 10.6 Å². The van der Waals surface area contributed by atoms with Gasteiger partial charge in [0.05, 0.1) is 12.6 Å². The molecule has 0 bridgehead atoms. The van der Waals surface area contributed by atoms with Crippen molar-refractivity contribution in [2.24, 2.45) is 5.92 Å². The van der Waals surface area contributed by atoms with Gasteiger partial charge >= 0.3 is 0 Å². The SMILES string of the molecule is CCNc1nc(Cl)nc(NC(CO)C(C)C)n1. The number of aromatic nitrogens is 3. The van der Waals surface area contributed by atoms with Gasteiger partial charge < -0.3 is 15.7 Å². The maximum atomic E-state index is 9.22. The van der Waals surface area contributed by atoms with Gasteiger partial charge in [0, 0.05) is 6.54 Å². The summed E-state index contributed by atoms with van der Waals surface area (Å²) in [6.07, 6.45) is 0. The van der Waals surface area contributed by atoms with Crippen LogP contribution >= 0.6 is 11.6 Å². The number of hydrogen-bond acceptors (Lipinski definition) is 6. The molecule has 0 aliphatic carbocycles. The van der Waals surface area contributed by atoms with Gasteiger partial charge in [0.15, 0.2) is 0 Å². The molecule has 0 spiro atoms. The second kappa shape index (κ2) is 6.56. The van der Waals surface area contributed by atoms with Crippen LogP contribution in [0, 0.1) is 5.92 Å². The Hall–Kier alpha value is -1.14. The molecule has 1 atom stereocenters. The molecule has 0 aliphatic heterocycles. The Morgan fingerprint density at radius 3 is 2.41 bits per heavy atom. The molecule has 0 aliphatic rings. The highest BCUT2D eigenvalue weighted by Crippen LogP contribution is 2.12. The van der Waals surface area contributed by atoms with Crippen molar-refractivity contribution in [1.29, 1.82) is 0 Å². The van der Waals surface area contributed by atoms with Gasteiger partial charge in [-0.05, 0) is 24.4 Å². The Kier molecular flexibility index (Phi) is 5.37. The second-order valence-corrected chi connectivity index (χ2v) is 4.30. The zero-order valence-corrected chi connectivity index (χ0v) is 11.0. The van der Waals surface area contributed by atoms with Crippen molar-refractivity contribution in [3.63, 3.8) is 0 Å². The van der Waals surface area contributed by atoms with E-state index < -0.39 is 0 Å². The zero-order valence-electron chi connectivity index (χ0n) is 10.2. The highest BCUT2D eigenvalue weighted by atomic mass is 35.5. The van der Waals surface area contributed by atoms with Crippen LogP contribution in [0.1, 0.15) is 20.8 Å². The monoisotopic (exact) mass is 259 g/mol. The molecule has 0 fully saturated rings. The smallest absolute Gasteiger partial charge is 0.229 e. The summed E-state index contributed by atoms with van der Waals surface area (Å²) in [4.78, 5) is 12.1. The molecule has 96 valence electrons. The molecule has 0 amide bonds. The molecule has 17 heavy (non-hydrogen) atoms. The van der Waals surface area contributed by atoms with Crippen LogP contribution in [0.5, 0.6) is 0 Å². The lowest BCUT2D eigenvalue weighted by molar-refractivity contribution is 0.248. The molecular formula is C10H18ClN5O. The fraction of sp³-hybridized carbons (Fsp3) is 0.700. The van der Waals surface area contributed by atoms with Crippen LogP contribution in [0.2, 0.25) is 5.28 Å². The van der Waals surface area contributed by atoms with E-state index in [-0.39, 0.29) is 23.9 Å². The number of halogens is 1. The van der Waals surface area contributed by atoms with E-state index in [1.165, 1.54) is 0 Å². The van der Waals surface area contributed by atoms with E-state index in [2.05, 4.69) is 25.6 Å². The molecule has 1 unspecified atom stereocenters. The number of hydrogen-bond donors (Lipinski definition) is 3. The molecule has 1 aromatic rings. The largest absolute Gasteiger partial charge is 0.394 e. The Morgan fingerprint density at radius 2 is 1.88 bits per heavy atom. The van der Waals surface area contributed by atoms with Crippen LogP contribution in [0.25, 0.3) is 0 Å². The topological polar surface area (TPSA) is 83.0 Å². The highest BCUT2D eigenvalue weighted by molar-refractivity contribution is 6.28. The minimum absolute atomic E-state index is 0.0114. The third-order valence-electron chi connectivity index (χ3n) is 2.26. The third-order valence-corrected chi connectivity index (χ3v) is 2.43. The minimum atomic E-state index is -0.108. The molecule has 0 aromatic carbocycles. The lowest BCUT2D eigenvalue weighted by Crippen LogP contribution is -2.30. The van der Waals surface area contributed by atoms with Crippen molar-refractivity contribution in [3.8, 4) is 0 Å². The van der Waals surface area contributed by atoms with Crippen LogP contribution in [-0.4, -0.2) is 39.3 Å². The summed E-state index contributed by atoms with van der Waals surface area (Å²) < 4.78 is 0. The fourth-order valence-corrected chi connectivity index (χ4v) is 1.40. The summed E-state index contributed by atoms with van der Waals surface area (Å²) in [6, 6.07) is -0.108. The Balaban J connectivity index is 2.82. The lowest BCUT2D eigenvalue weighted by atomic mass is 10.1. The van der Waals surface area contributed by atoms with Crippen molar-refractivity contribution < 1.29 is 5.11 Å². The summed E-state index contributed by atoms with van der Waals surface area (Å²) in [7, 11) is 0. The van der Waals surface area contributed by atoms with Gasteiger partial charge in [0.2, 0.25) is 17.2 Å². The summed E-state index contributed by atoms with van der Waals surface area (Å²) in [6.45, 7) is 6.66. The number of rotatable bonds is 6. The van der Waals surface area contributed by atoms with Crippen LogP contribution in [0.3, 0.4) is 0 Å². The summed E-state index contributed by atoms with van der Waals surface area (Å²) >= 11 is 5.79. The van der Waals surface area contributed by atoms with Gasteiger partial charge in [0.1, 0.15) is 0 Å². The third kappa shape index (κ3) is 4.32. The molecule has 7 heteroatoms. The summed E-state index contributed by atoms with van der Waals surface area (Å²) in [5.41, 5.74) is 0. The molecule has 1 aromatic heterocycles. The molecule has 3 N–H and O–H groups in total. The summed E-state index contributed by atoms with van der Waals surface area (Å²) in [5.74, 6) is 1.06. The Bertz CT molecular complexity index is 361. The number of nitrogens with one attached hydrogen (secondary N) is 2. The van der Waals surface area contributed by atoms with Crippen molar-refractivity contribution in [2.75, 3.05) is 23.8 Å². The second-order valence-electron chi connectivity index (χ2n) is 3.96. The van der Waals surface area contributed by atoms with E-state index in [1.54, 1.807) is 0 Å². The van der Waals surface area contributed by atoms with Gasteiger partial charge in [-0.3, -0.25) is 0 Å². The van der Waals surface area contributed by atoms with Gasteiger partial charge in [-0.2, -0.15) is 15.0 Å². The maximum absolute atomic E-state index is 9.22. The first-order valence-corrected chi connectivity index (χ1v) is 5.97. The quantitative estimate of drug-likeness (QED) is 0.716. The van der Waals surface area contributed by atoms with Gasteiger partial charge in [-0.15, -0.1) is 0 Å². The molecule has 1 heterocycles. The maximum Gasteiger partial charge on any atom is 0.229 e. The zero-order chi connectivity index (χ0) is 12.8. The highest BCUT2D eigenvalue weighted by Gasteiger charge is 2.14. The summed E-state index contributed by atoms with van der Waals surface area (Å²) in [5, 5.41) is 15.3.